The van der Waals surface area contributed by atoms with Crippen molar-refractivity contribution in [1.29, 1.82) is 0 Å². The molecular weight excluding hydrogens is 703 g/mol. The normalized spacial score (nSPS) is 14.7. The predicted octanol–water partition coefficient (Wildman–Crippen LogP) is 12.9. The predicted molar refractivity (Wildman–Crippen MR) is 231 cm³/mol. The highest BCUT2D eigenvalue weighted by Crippen LogP contribution is 2.19. The zero-order chi connectivity index (χ0) is 40.9. The van der Waals surface area contributed by atoms with Crippen LogP contribution in [0.25, 0.3) is 0 Å². The van der Waals surface area contributed by atoms with E-state index in [-0.39, 0.29) is 37.4 Å². The lowest BCUT2D eigenvalue weighted by Gasteiger charge is -2.18. The molecule has 1 heterocycles. The van der Waals surface area contributed by atoms with Gasteiger partial charge >= 0.3 is 12.1 Å². The van der Waals surface area contributed by atoms with Gasteiger partial charge in [-0.2, -0.15) is 0 Å². The van der Waals surface area contributed by atoms with Crippen molar-refractivity contribution in [3.8, 4) is 11.8 Å². The Hall–Kier alpha value is -3.05. The summed E-state index contributed by atoms with van der Waals surface area (Å²) in [5.74, 6) is 4.95. The van der Waals surface area contributed by atoms with Crippen molar-refractivity contribution in [2.45, 2.75) is 214 Å². The molecule has 8 nitrogen and oxygen atoms in total. The molecule has 8 heteroatoms. The van der Waals surface area contributed by atoms with Crippen molar-refractivity contribution in [3.63, 3.8) is 0 Å². The molecule has 1 atom stereocenters. The summed E-state index contributed by atoms with van der Waals surface area (Å²) in [5, 5.41) is 13.3. The second kappa shape index (κ2) is 36.3. The number of allylic oxidation sites excluding steroid dienone is 4. The van der Waals surface area contributed by atoms with Crippen LogP contribution in [0.15, 0.2) is 34.6 Å². The highest BCUT2D eigenvalue weighted by atomic mass is 16.6. The fourth-order valence-electron chi connectivity index (χ4n) is 6.73. The molecule has 0 radical (unpaired) electrons. The number of Topliss-reactive ketones (excluding diaryl/α,β-unsaturated/α-hetero) is 1. The fraction of sp³-hybridized carbons (Fsp3) is 0.771. The van der Waals surface area contributed by atoms with E-state index in [2.05, 4.69) is 57.0 Å². The van der Waals surface area contributed by atoms with Gasteiger partial charge in [0.2, 0.25) is 5.78 Å². The number of rotatable bonds is 35. The van der Waals surface area contributed by atoms with Gasteiger partial charge in [-0.1, -0.05) is 146 Å². The average Bonchev–Trinajstić information content (AvgIpc) is 3.52. The van der Waals surface area contributed by atoms with Crippen LogP contribution < -0.4 is 5.32 Å². The molecule has 0 aliphatic carbocycles. The second-order valence-corrected chi connectivity index (χ2v) is 15.8. The summed E-state index contributed by atoms with van der Waals surface area (Å²) < 4.78 is 16.3. The molecule has 56 heavy (non-hydrogen) atoms. The maximum Gasteiger partial charge on any atom is 0.407 e. The van der Waals surface area contributed by atoms with Crippen molar-refractivity contribution >= 4 is 17.8 Å². The van der Waals surface area contributed by atoms with E-state index in [1.807, 2.05) is 0 Å². The number of ether oxygens (including phenoxy) is 3. The molecule has 1 fully saturated rings. The molecule has 2 N–H and O–H groups in total. The summed E-state index contributed by atoms with van der Waals surface area (Å²) in [6.07, 6.45) is 35.0. The van der Waals surface area contributed by atoms with Gasteiger partial charge in [-0.25, -0.2) is 9.59 Å². The van der Waals surface area contributed by atoms with Crippen LogP contribution in [-0.2, 0) is 23.8 Å². The van der Waals surface area contributed by atoms with Gasteiger partial charge in [-0.05, 0) is 65.2 Å². The largest absolute Gasteiger partial charge is 0.511 e. The maximum absolute atomic E-state index is 12.7. The number of carbonyl (C=O) groups is 3. The van der Waals surface area contributed by atoms with Gasteiger partial charge in [-0.3, -0.25) is 4.79 Å². The van der Waals surface area contributed by atoms with E-state index in [4.69, 9.17) is 14.2 Å². The smallest absolute Gasteiger partial charge is 0.407 e. The fourth-order valence-corrected chi connectivity index (χ4v) is 6.73. The number of cyclic esters (lactones) is 1. The molecule has 1 unspecified atom stereocenters. The van der Waals surface area contributed by atoms with Crippen LogP contribution in [-0.4, -0.2) is 55.4 Å². The van der Waals surface area contributed by atoms with Crippen LogP contribution >= 0.6 is 0 Å². The third kappa shape index (κ3) is 29.2. The van der Waals surface area contributed by atoms with Crippen molar-refractivity contribution in [2.24, 2.45) is 0 Å². The minimum absolute atomic E-state index is 0.0121. The van der Waals surface area contributed by atoms with E-state index in [1.54, 1.807) is 0 Å². The van der Waals surface area contributed by atoms with Crippen molar-refractivity contribution in [3.05, 3.63) is 34.6 Å². The number of nitrogens with one attached hydrogen (secondary N) is 1. The monoisotopic (exact) mass is 784 g/mol. The average molecular weight is 784 g/mol. The standard InChI is InChI=1S/C48H81NO7/c1-5-7-9-11-13-15-16-17-18-19-20-21-23-25-27-29-37-49-48(53)56-43(34-35-44(50)46-45(51)40-55-47(46)52)39-54-38-36-42(4)33-30-32-41(3)31-28-26-24-22-14-12-10-8-6-2/h32,36,43,50H,5-16,19-31,33-35,37-40H2,1-4H3,(H,49,53)/b41-32+,42-36+,46-44?. The van der Waals surface area contributed by atoms with E-state index in [1.165, 1.54) is 127 Å². The van der Waals surface area contributed by atoms with Crippen molar-refractivity contribution < 1.29 is 33.7 Å². The van der Waals surface area contributed by atoms with Gasteiger partial charge in [0.25, 0.3) is 0 Å². The highest BCUT2D eigenvalue weighted by molar-refractivity contribution is 6.22. The number of hydrogen-bond donors (Lipinski definition) is 2. The zero-order valence-electron chi connectivity index (χ0n) is 36.3. The number of hydrogen-bond acceptors (Lipinski definition) is 7. The maximum atomic E-state index is 12.7. The summed E-state index contributed by atoms with van der Waals surface area (Å²) in [7, 11) is 0. The van der Waals surface area contributed by atoms with E-state index in [0.29, 0.717) is 13.2 Å². The molecule has 1 rings (SSSR count). The number of esters is 1. The summed E-state index contributed by atoms with van der Waals surface area (Å²) in [6.45, 7) is 9.50. The van der Waals surface area contributed by atoms with Crippen LogP contribution in [0.4, 0.5) is 4.79 Å². The first-order chi connectivity index (χ1) is 27.3. The van der Waals surface area contributed by atoms with Gasteiger partial charge in [0.05, 0.1) is 13.2 Å². The molecular formula is C48H81NO7. The van der Waals surface area contributed by atoms with E-state index < -0.39 is 23.9 Å². The van der Waals surface area contributed by atoms with Gasteiger partial charge in [0.1, 0.15) is 17.4 Å². The van der Waals surface area contributed by atoms with Gasteiger partial charge in [0.15, 0.2) is 6.61 Å². The first kappa shape index (κ1) is 51.0. The highest BCUT2D eigenvalue weighted by Gasteiger charge is 2.32. The summed E-state index contributed by atoms with van der Waals surface area (Å²) >= 11 is 0. The molecule has 0 spiro atoms. The molecule has 0 aromatic rings. The quantitative estimate of drug-likeness (QED) is 0.0125. The van der Waals surface area contributed by atoms with E-state index >= 15 is 0 Å². The first-order valence-corrected chi connectivity index (χ1v) is 22.7. The number of alkyl carbamates (subject to hydrolysis) is 1. The number of carbonyl (C=O) groups excluding carboxylic acids is 3. The van der Waals surface area contributed by atoms with Crippen LogP contribution in [0.3, 0.4) is 0 Å². The van der Waals surface area contributed by atoms with Gasteiger partial charge in [0, 0.05) is 25.8 Å². The minimum atomic E-state index is -0.819. The second-order valence-electron chi connectivity index (χ2n) is 15.8. The number of aliphatic hydroxyl groups excluding tert-OH is 1. The summed E-state index contributed by atoms with van der Waals surface area (Å²) in [4.78, 5) is 36.5. The number of ketones is 1. The molecule has 1 amide bonds. The molecule has 1 saturated heterocycles. The third-order valence-electron chi connectivity index (χ3n) is 10.4. The Bertz CT molecular complexity index is 1190. The molecule has 1 aliphatic heterocycles. The Morgan fingerprint density at radius 2 is 1.27 bits per heavy atom. The minimum Gasteiger partial charge on any atom is -0.511 e. The van der Waals surface area contributed by atoms with Crippen molar-refractivity contribution in [1.82, 2.24) is 5.32 Å². The first-order valence-electron chi connectivity index (χ1n) is 22.7. The molecule has 0 aromatic carbocycles. The Balaban J connectivity index is 2.35. The number of amides is 1. The lowest BCUT2D eigenvalue weighted by molar-refractivity contribution is -0.135. The summed E-state index contributed by atoms with van der Waals surface area (Å²) in [6, 6.07) is 0. The van der Waals surface area contributed by atoms with Crippen LogP contribution in [0.5, 0.6) is 0 Å². The molecule has 0 aromatic heterocycles. The number of unbranched alkanes of at least 4 members (excludes halogenated alkanes) is 20. The van der Waals surface area contributed by atoms with E-state index in [9.17, 15) is 19.5 Å². The Morgan fingerprint density at radius 1 is 0.732 bits per heavy atom. The summed E-state index contributed by atoms with van der Waals surface area (Å²) in [5.41, 5.74) is 2.38. The Kier molecular flexibility index (Phi) is 33.0. The lowest BCUT2D eigenvalue weighted by Crippen LogP contribution is -2.32. The van der Waals surface area contributed by atoms with Crippen molar-refractivity contribution in [2.75, 3.05) is 26.4 Å². The SMILES string of the molecule is CCCCCCCCC#CCCCCCCCCNC(=O)OC(CCC(O)=C1C(=O)COC1=O)COC/C=C(\C)CC/C=C(\C)CCCCCCCCCCC. The Labute approximate surface area is 342 Å². The van der Waals surface area contributed by atoms with Gasteiger partial charge in [-0.15, -0.1) is 11.8 Å². The van der Waals surface area contributed by atoms with E-state index in [0.717, 1.165) is 51.4 Å². The van der Waals surface area contributed by atoms with Crippen LogP contribution in [0.1, 0.15) is 207 Å². The lowest BCUT2D eigenvalue weighted by atomic mass is 10.0. The van der Waals surface area contributed by atoms with Crippen LogP contribution in [0.2, 0.25) is 0 Å². The molecule has 0 bridgehead atoms. The topological polar surface area (TPSA) is 111 Å². The molecule has 1 aliphatic rings. The molecule has 320 valence electrons. The Morgan fingerprint density at radius 3 is 1.84 bits per heavy atom. The van der Waals surface area contributed by atoms with Gasteiger partial charge < -0.3 is 24.6 Å². The third-order valence-corrected chi connectivity index (χ3v) is 10.4. The number of aliphatic hydroxyl groups is 1. The van der Waals surface area contributed by atoms with Crippen LogP contribution in [0, 0.1) is 11.8 Å². The zero-order valence-corrected chi connectivity index (χ0v) is 36.3. The molecule has 0 saturated carbocycles.